The van der Waals surface area contributed by atoms with Gasteiger partial charge in [-0.25, -0.2) is 9.78 Å². The van der Waals surface area contributed by atoms with Crippen molar-refractivity contribution >= 4 is 44.9 Å². The number of aromatic nitrogens is 1. The third-order valence-corrected chi connectivity index (χ3v) is 3.48. The molecule has 0 saturated heterocycles. The molecular formula is C13H11BrClN3O. The number of rotatable bonds is 2. The minimum atomic E-state index is -0.342. The van der Waals surface area contributed by atoms with Crippen molar-refractivity contribution in [3.8, 4) is 0 Å². The van der Waals surface area contributed by atoms with Crippen molar-refractivity contribution < 1.29 is 4.79 Å². The van der Waals surface area contributed by atoms with E-state index in [-0.39, 0.29) is 6.03 Å². The molecule has 0 atom stereocenters. The molecule has 0 unspecified atom stereocenters. The van der Waals surface area contributed by atoms with E-state index in [4.69, 9.17) is 11.6 Å². The second-order valence-corrected chi connectivity index (χ2v) is 5.10. The van der Waals surface area contributed by atoms with Crippen LogP contribution in [0.1, 0.15) is 5.56 Å². The predicted octanol–water partition coefficient (Wildman–Crippen LogP) is 4.45. The molecule has 2 rings (SSSR count). The van der Waals surface area contributed by atoms with Gasteiger partial charge in [0.15, 0.2) is 0 Å². The summed E-state index contributed by atoms with van der Waals surface area (Å²) in [6.07, 6.45) is 1.52. The quantitative estimate of drug-likeness (QED) is 0.794. The molecule has 1 aromatic carbocycles. The van der Waals surface area contributed by atoms with E-state index < -0.39 is 0 Å². The zero-order valence-corrected chi connectivity index (χ0v) is 12.4. The topological polar surface area (TPSA) is 54.0 Å². The lowest BCUT2D eigenvalue weighted by Crippen LogP contribution is -2.19. The second kappa shape index (κ2) is 6.04. The lowest BCUT2D eigenvalue weighted by Gasteiger charge is -2.08. The smallest absolute Gasteiger partial charge is 0.308 e. The average Bonchev–Trinajstić information content (AvgIpc) is 2.34. The lowest BCUT2D eigenvalue weighted by molar-refractivity contribution is 0.262. The largest absolute Gasteiger partial charge is 0.323 e. The lowest BCUT2D eigenvalue weighted by atomic mass is 10.2. The molecule has 4 nitrogen and oxygen atoms in total. The van der Waals surface area contributed by atoms with Gasteiger partial charge in [-0.15, -0.1) is 0 Å². The van der Waals surface area contributed by atoms with Crippen LogP contribution in [0.15, 0.2) is 41.1 Å². The van der Waals surface area contributed by atoms with E-state index in [1.54, 1.807) is 6.07 Å². The molecule has 0 aliphatic heterocycles. The maximum absolute atomic E-state index is 11.8. The van der Waals surface area contributed by atoms with Crippen molar-refractivity contribution in [3.05, 3.63) is 51.7 Å². The SMILES string of the molecule is Cc1cccc(NC(=O)Nc2cnc(Br)c(Cl)c2)c1. The van der Waals surface area contributed by atoms with Gasteiger partial charge in [0.1, 0.15) is 4.60 Å². The highest BCUT2D eigenvalue weighted by molar-refractivity contribution is 9.10. The number of nitrogens with zero attached hydrogens (tertiary/aromatic N) is 1. The van der Waals surface area contributed by atoms with Crippen LogP contribution in [0.5, 0.6) is 0 Å². The molecule has 6 heteroatoms. The van der Waals surface area contributed by atoms with Crippen molar-refractivity contribution in [2.45, 2.75) is 6.92 Å². The fourth-order valence-electron chi connectivity index (χ4n) is 1.51. The third-order valence-electron chi connectivity index (χ3n) is 2.33. The van der Waals surface area contributed by atoms with E-state index in [0.29, 0.717) is 15.3 Å². The van der Waals surface area contributed by atoms with Crippen LogP contribution in [-0.4, -0.2) is 11.0 Å². The summed E-state index contributed by atoms with van der Waals surface area (Å²) in [5, 5.41) is 5.83. The molecule has 0 aliphatic carbocycles. The number of anilines is 2. The Hall–Kier alpha value is -1.59. The Morgan fingerprint density at radius 1 is 1.26 bits per heavy atom. The number of pyridine rings is 1. The van der Waals surface area contributed by atoms with Crippen LogP contribution in [0.25, 0.3) is 0 Å². The number of urea groups is 1. The first-order chi connectivity index (χ1) is 9.04. The van der Waals surface area contributed by atoms with Gasteiger partial charge in [-0.1, -0.05) is 23.7 Å². The maximum Gasteiger partial charge on any atom is 0.323 e. The van der Waals surface area contributed by atoms with E-state index in [1.165, 1.54) is 6.20 Å². The molecule has 0 spiro atoms. The summed E-state index contributed by atoms with van der Waals surface area (Å²) in [6.45, 7) is 1.96. The molecule has 0 bridgehead atoms. The predicted molar refractivity (Wildman–Crippen MR) is 80.8 cm³/mol. The number of nitrogens with one attached hydrogen (secondary N) is 2. The highest BCUT2D eigenvalue weighted by Gasteiger charge is 2.05. The van der Waals surface area contributed by atoms with Crippen molar-refractivity contribution in [1.29, 1.82) is 0 Å². The van der Waals surface area contributed by atoms with Crippen LogP contribution in [-0.2, 0) is 0 Å². The normalized spacial score (nSPS) is 10.1. The van der Waals surface area contributed by atoms with Gasteiger partial charge in [0.25, 0.3) is 0 Å². The van der Waals surface area contributed by atoms with Gasteiger partial charge in [0.05, 0.1) is 16.9 Å². The zero-order valence-electron chi connectivity index (χ0n) is 10.1. The first-order valence-electron chi connectivity index (χ1n) is 5.50. The number of carbonyl (C=O) groups excluding carboxylic acids is 1. The van der Waals surface area contributed by atoms with Gasteiger partial charge < -0.3 is 10.6 Å². The van der Waals surface area contributed by atoms with E-state index in [1.807, 2.05) is 31.2 Å². The average molecular weight is 341 g/mol. The van der Waals surface area contributed by atoms with Crippen LogP contribution < -0.4 is 10.6 Å². The molecule has 0 fully saturated rings. The van der Waals surface area contributed by atoms with Gasteiger partial charge in [-0.05, 0) is 46.6 Å². The van der Waals surface area contributed by atoms with Crippen molar-refractivity contribution in [2.75, 3.05) is 10.6 Å². The molecule has 2 N–H and O–H groups in total. The molecule has 2 amide bonds. The fourth-order valence-corrected chi connectivity index (χ4v) is 1.89. The van der Waals surface area contributed by atoms with Crippen molar-refractivity contribution in [2.24, 2.45) is 0 Å². The summed E-state index contributed by atoms with van der Waals surface area (Å²) < 4.78 is 0.541. The molecule has 19 heavy (non-hydrogen) atoms. The number of carbonyl (C=O) groups is 1. The van der Waals surface area contributed by atoms with Gasteiger partial charge in [0, 0.05) is 5.69 Å². The number of aryl methyl sites for hydroxylation is 1. The summed E-state index contributed by atoms with van der Waals surface area (Å²) in [5.41, 5.74) is 2.33. The minimum absolute atomic E-state index is 0.342. The van der Waals surface area contributed by atoms with Crippen LogP contribution in [0.3, 0.4) is 0 Å². The van der Waals surface area contributed by atoms with Crippen molar-refractivity contribution in [3.63, 3.8) is 0 Å². The zero-order chi connectivity index (χ0) is 13.8. The molecule has 1 aromatic heterocycles. The Kier molecular flexibility index (Phi) is 4.39. The standard InChI is InChI=1S/C13H11BrClN3O/c1-8-3-2-4-9(5-8)17-13(19)18-10-6-11(15)12(14)16-7-10/h2-7H,1H3,(H2,17,18,19). The number of halogens is 2. The van der Waals surface area contributed by atoms with Gasteiger partial charge in [-0.3, -0.25) is 0 Å². The molecular weight excluding hydrogens is 330 g/mol. The summed E-state index contributed by atoms with van der Waals surface area (Å²) >= 11 is 9.08. The monoisotopic (exact) mass is 339 g/mol. The van der Waals surface area contributed by atoms with Gasteiger partial charge in [0.2, 0.25) is 0 Å². The summed E-state index contributed by atoms with van der Waals surface area (Å²) in [6, 6.07) is 8.82. The first-order valence-corrected chi connectivity index (χ1v) is 6.67. The number of hydrogen-bond donors (Lipinski definition) is 2. The number of amides is 2. The minimum Gasteiger partial charge on any atom is -0.308 e. The molecule has 98 valence electrons. The Bertz CT molecular complexity index is 619. The van der Waals surface area contributed by atoms with Gasteiger partial charge in [-0.2, -0.15) is 0 Å². The third kappa shape index (κ3) is 3.94. The van der Waals surface area contributed by atoms with Crippen LogP contribution in [0.2, 0.25) is 5.02 Å². The van der Waals surface area contributed by atoms with Crippen molar-refractivity contribution in [1.82, 2.24) is 4.98 Å². The molecule has 0 aliphatic rings. The van der Waals surface area contributed by atoms with Crippen LogP contribution >= 0.6 is 27.5 Å². The Labute approximate surface area is 124 Å². The van der Waals surface area contributed by atoms with Crippen LogP contribution in [0.4, 0.5) is 16.2 Å². The Morgan fingerprint density at radius 3 is 2.68 bits per heavy atom. The van der Waals surface area contributed by atoms with E-state index in [2.05, 4.69) is 31.5 Å². The maximum atomic E-state index is 11.8. The summed E-state index contributed by atoms with van der Waals surface area (Å²) in [7, 11) is 0. The summed E-state index contributed by atoms with van der Waals surface area (Å²) in [4.78, 5) is 15.8. The summed E-state index contributed by atoms with van der Waals surface area (Å²) in [5.74, 6) is 0. The first kappa shape index (κ1) is 13.8. The van der Waals surface area contributed by atoms with Gasteiger partial charge >= 0.3 is 6.03 Å². The second-order valence-electron chi connectivity index (χ2n) is 3.95. The molecule has 0 saturated carbocycles. The molecule has 1 heterocycles. The number of hydrogen-bond acceptors (Lipinski definition) is 2. The highest BCUT2D eigenvalue weighted by Crippen LogP contribution is 2.22. The highest BCUT2D eigenvalue weighted by atomic mass is 79.9. The van der Waals surface area contributed by atoms with E-state index >= 15 is 0 Å². The molecule has 0 radical (unpaired) electrons. The molecule has 2 aromatic rings. The van der Waals surface area contributed by atoms with Crippen LogP contribution in [0, 0.1) is 6.92 Å². The Balaban J connectivity index is 2.03. The van der Waals surface area contributed by atoms with E-state index in [9.17, 15) is 4.79 Å². The Morgan fingerprint density at radius 2 is 2.00 bits per heavy atom. The fraction of sp³-hybridized carbons (Fsp3) is 0.0769. The van der Waals surface area contributed by atoms with E-state index in [0.717, 1.165) is 11.3 Å². The number of benzene rings is 1.